The van der Waals surface area contributed by atoms with E-state index in [0.29, 0.717) is 0 Å². The van der Waals surface area contributed by atoms with Crippen LogP contribution in [0.25, 0.3) is 0 Å². The van der Waals surface area contributed by atoms with Crippen LogP contribution in [-0.2, 0) is 14.3 Å². The lowest BCUT2D eigenvalue weighted by atomic mass is 9.95. The van der Waals surface area contributed by atoms with Crippen LogP contribution in [0.15, 0.2) is 41.7 Å². The van der Waals surface area contributed by atoms with E-state index < -0.39 is 23.4 Å². The third kappa shape index (κ3) is 2.14. The summed E-state index contributed by atoms with van der Waals surface area (Å²) in [7, 11) is 0. The Hall–Kier alpha value is -2.10. The molecule has 18 heavy (non-hydrogen) atoms. The Morgan fingerprint density at radius 2 is 2.06 bits per heavy atom. The third-order valence-corrected chi connectivity index (χ3v) is 2.97. The van der Waals surface area contributed by atoms with Gasteiger partial charge in [-0.15, -0.1) is 0 Å². The van der Waals surface area contributed by atoms with Gasteiger partial charge in [0.2, 0.25) is 5.78 Å². The largest absolute Gasteiger partial charge is 0.504 e. The van der Waals surface area contributed by atoms with E-state index in [2.05, 4.69) is 0 Å². The summed E-state index contributed by atoms with van der Waals surface area (Å²) in [5.74, 6) is -1.96. The first-order valence-corrected chi connectivity index (χ1v) is 5.83. The number of ketones is 1. The number of allylic oxidation sites excluding steroid dienone is 1. The van der Waals surface area contributed by atoms with E-state index in [-0.39, 0.29) is 18.6 Å². The van der Waals surface area contributed by atoms with Crippen molar-refractivity contribution in [2.24, 2.45) is 0 Å². The van der Waals surface area contributed by atoms with Crippen molar-refractivity contribution in [3.8, 4) is 0 Å². The minimum absolute atomic E-state index is 0.0794. The molecule has 1 aromatic rings. The van der Waals surface area contributed by atoms with Gasteiger partial charge in [0.1, 0.15) is 0 Å². The molecule has 1 atom stereocenters. The second-order valence-electron chi connectivity index (χ2n) is 4.08. The first-order chi connectivity index (χ1) is 8.65. The number of Topliss-reactive ketones (excluding diaryl/α,β-unsaturated/α-hetero) is 1. The maximum absolute atomic E-state index is 11.9. The number of hydrogen-bond acceptors (Lipinski definition) is 4. The highest BCUT2D eigenvalue weighted by Gasteiger charge is 2.37. The molecule has 1 N–H and O–H groups in total. The Bertz CT molecular complexity index is 502. The maximum atomic E-state index is 11.9. The minimum Gasteiger partial charge on any atom is -0.504 e. The van der Waals surface area contributed by atoms with Gasteiger partial charge in [0, 0.05) is 0 Å². The molecule has 0 aromatic heterocycles. The molecule has 4 nitrogen and oxygen atoms in total. The molecule has 0 radical (unpaired) electrons. The summed E-state index contributed by atoms with van der Waals surface area (Å²) in [5.41, 5.74) is 0.879. The normalized spacial score (nSPS) is 19.2. The molecule has 1 aliphatic rings. The average Bonchev–Trinajstić information content (AvgIpc) is 2.68. The molecular weight excluding hydrogens is 232 g/mol. The van der Waals surface area contributed by atoms with Crippen molar-refractivity contribution in [2.45, 2.75) is 19.3 Å². The molecule has 4 heteroatoms. The van der Waals surface area contributed by atoms with E-state index in [9.17, 15) is 14.7 Å². The Balaban J connectivity index is 2.23. The quantitative estimate of drug-likeness (QED) is 0.830. The second-order valence-corrected chi connectivity index (χ2v) is 4.08. The van der Waals surface area contributed by atoms with Crippen LogP contribution in [0, 0.1) is 0 Å². The summed E-state index contributed by atoms with van der Waals surface area (Å²) >= 11 is 0. The molecule has 2 rings (SSSR count). The topological polar surface area (TPSA) is 63.6 Å². The maximum Gasteiger partial charge on any atom is 0.337 e. The lowest BCUT2D eigenvalue weighted by Gasteiger charge is -2.08. The Morgan fingerprint density at radius 1 is 1.39 bits per heavy atom. The van der Waals surface area contributed by atoms with Gasteiger partial charge in [0.25, 0.3) is 0 Å². The molecule has 0 saturated carbocycles. The van der Waals surface area contributed by atoms with Crippen molar-refractivity contribution in [1.82, 2.24) is 0 Å². The summed E-state index contributed by atoms with van der Waals surface area (Å²) in [5, 5.41) is 9.72. The fourth-order valence-electron chi connectivity index (χ4n) is 2.06. The molecule has 1 unspecified atom stereocenters. The van der Waals surface area contributed by atoms with Crippen molar-refractivity contribution in [3.63, 3.8) is 0 Å². The van der Waals surface area contributed by atoms with Crippen LogP contribution in [0.3, 0.4) is 0 Å². The molecular formula is C14H14O4. The minimum atomic E-state index is -0.609. The van der Waals surface area contributed by atoms with Crippen LogP contribution in [0.4, 0.5) is 0 Å². The van der Waals surface area contributed by atoms with Crippen molar-refractivity contribution in [3.05, 3.63) is 47.2 Å². The van der Waals surface area contributed by atoms with Gasteiger partial charge in [-0.2, -0.15) is 0 Å². The monoisotopic (exact) mass is 246 g/mol. The van der Waals surface area contributed by atoms with E-state index in [4.69, 9.17) is 4.74 Å². The smallest absolute Gasteiger partial charge is 0.337 e. The van der Waals surface area contributed by atoms with Gasteiger partial charge in [0.05, 0.1) is 18.1 Å². The summed E-state index contributed by atoms with van der Waals surface area (Å²) in [6.45, 7) is 1.90. The molecule has 94 valence electrons. The van der Waals surface area contributed by atoms with Crippen LogP contribution in [0.5, 0.6) is 0 Å². The van der Waals surface area contributed by atoms with Crippen LogP contribution < -0.4 is 0 Å². The zero-order valence-electron chi connectivity index (χ0n) is 10.1. The molecule has 0 amide bonds. The number of carbonyl (C=O) groups is 2. The number of aliphatic hydroxyl groups is 1. The van der Waals surface area contributed by atoms with Gasteiger partial charge in [-0.05, 0) is 18.9 Å². The van der Waals surface area contributed by atoms with Gasteiger partial charge in [-0.3, -0.25) is 4.79 Å². The molecule has 1 aliphatic carbocycles. The fourth-order valence-corrected chi connectivity index (χ4v) is 2.06. The zero-order valence-corrected chi connectivity index (χ0v) is 10.1. The van der Waals surface area contributed by atoms with E-state index >= 15 is 0 Å². The number of ether oxygens (including phenoxy) is 1. The van der Waals surface area contributed by atoms with E-state index in [1.807, 2.05) is 30.3 Å². The molecule has 0 aliphatic heterocycles. The Labute approximate surface area is 105 Å². The molecule has 0 heterocycles. The highest BCUT2D eigenvalue weighted by molar-refractivity contribution is 6.09. The van der Waals surface area contributed by atoms with Gasteiger partial charge in [0.15, 0.2) is 5.76 Å². The summed E-state index contributed by atoms with van der Waals surface area (Å²) in [4.78, 5) is 23.5. The lowest BCUT2D eigenvalue weighted by Crippen LogP contribution is -2.08. The Kier molecular flexibility index (Phi) is 3.46. The lowest BCUT2D eigenvalue weighted by molar-refractivity contribution is -0.138. The van der Waals surface area contributed by atoms with Crippen molar-refractivity contribution >= 4 is 11.8 Å². The van der Waals surface area contributed by atoms with Crippen LogP contribution >= 0.6 is 0 Å². The SMILES string of the molecule is CCOC(=O)C1=C(O)C(=O)C(c2ccccc2)C1. The molecule has 0 bridgehead atoms. The average molecular weight is 246 g/mol. The van der Waals surface area contributed by atoms with Gasteiger partial charge >= 0.3 is 5.97 Å². The number of rotatable bonds is 3. The molecule has 1 aromatic carbocycles. The number of esters is 1. The second kappa shape index (κ2) is 5.04. The first kappa shape index (κ1) is 12.4. The highest BCUT2D eigenvalue weighted by Crippen LogP contribution is 2.35. The van der Waals surface area contributed by atoms with Crippen LogP contribution in [-0.4, -0.2) is 23.5 Å². The number of hydrogen-bond donors (Lipinski definition) is 1. The predicted molar refractivity (Wildman–Crippen MR) is 65.1 cm³/mol. The Morgan fingerprint density at radius 3 is 2.67 bits per heavy atom. The summed E-state index contributed by atoms with van der Waals surface area (Å²) in [6, 6.07) is 9.11. The van der Waals surface area contributed by atoms with Gasteiger partial charge < -0.3 is 9.84 Å². The fraction of sp³-hybridized carbons (Fsp3) is 0.286. The standard InChI is InChI=1S/C14H14O4/c1-2-18-14(17)11-8-10(12(15)13(11)16)9-6-4-3-5-7-9/h3-7,10,16H,2,8H2,1H3. The first-order valence-electron chi connectivity index (χ1n) is 5.83. The highest BCUT2D eigenvalue weighted by atomic mass is 16.5. The molecule has 0 saturated heterocycles. The van der Waals surface area contributed by atoms with Crippen LogP contribution in [0.1, 0.15) is 24.8 Å². The van der Waals surface area contributed by atoms with Gasteiger partial charge in [-0.25, -0.2) is 4.79 Å². The van der Waals surface area contributed by atoms with E-state index in [1.165, 1.54) is 0 Å². The number of benzene rings is 1. The van der Waals surface area contributed by atoms with Crippen molar-refractivity contribution in [1.29, 1.82) is 0 Å². The van der Waals surface area contributed by atoms with Crippen LogP contribution in [0.2, 0.25) is 0 Å². The predicted octanol–water partition coefficient (Wildman–Crippen LogP) is 2.12. The van der Waals surface area contributed by atoms with Gasteiger partial charge in [-0.1, -0.05) is 30.3 Å². The molecule has 0 fully saturated rings. The third-order valence-electron chi connectivity index (χ3n) is 2.97. The van der Waals surface area contributed by atoms with Crippen molar-refractivity contribution in [2.75, 3.05) is 6.61 Å². The van der Waals surface area contributed by atoms with E-state index in [1.54, 1.807) is 6.92 Å². The zero-order chi connectivity index (χ0) is 13.1. The number of aliphatic hydroxyl groups excluding tert-OH is 1. The van der Waals surface area contributed by atoms with Crippen molar-refractivity contribution < 1.29 is 19.4 Å². The van der Waals surface area contributed by atoms with E-state index in [0.717, 1.165) is 5.56 Å². The molecule has 0 spiro atoms. The number of carbonyl (C=O) groups excluding carboxylic acids is 2. The summed E-state index contributed by atoms with van der Waals surface area (Å²) < 4.78 is 4.82. The summed E-state index contributed by atoms with van der Waals surface area (Å²) in [6.07, 6.45) is 0.202.